The summed E-state index contributed by atoms with van der Waals surface area (Å²) < 4.78 is 22.1. The number of nitrogens with two attached hydrogens (primary N) is 7. The van der Waals surface area contributed by atoms with E-state index in [9.17, 15) is 0 Å². The Morgan fingerprint density at radius 2 is 1.07 bits per heavy atom. The molecule has 176 valence electrons. The Balaban J connectivity index is 2.25. The SMILES string of the molecule is C[Si]1(N)N[Si](C)(N)N2[Si](C)(N1)N[Si]1(C)N[Si](C)(N)N([Si](C)(N)N)[Si](C)(N)N1[Si]2(C)N. The van der Waals surface area contributed by atoms with Crippen LogP contribution >= 0.6 is 0 Å². The van der Waals surface area contributed by atoms with Crippen LogP contribution < -0.4 is 56.4 Å². The van der Waals surface area contributed by atoms with Crippen molar-refractivity contribution in [2.75, 3.05) is 0 Å². The fourth-order valence-electron chi connectivity index (χ4n) is 6.84. The van der Waals surface area contributed by atoms with Crippen molar-refractivity contribution in [1.82, 2.24) is 30.3 Å². The molecule has 3 rings (SSSR count). The van der Waals surface area contributed by atoms with Crippen molar-refractivity contribution in [3.63, 3.8) is 0 Å². The average Bonchev–Trinajstić information content (AvgIpc) is 2.22. The van der Waals surface area contributed by atoms with E-state index >= 15 is 0 Å². The van der Waals surface area contributed by atoms with Crippen LogP contribution in [-0.2, 0) is 0 Å². The second-order valence-electron chi connectivity index (χ2n) is 10.6. The molecule has 30 heavy (non-hydrogen) atoms. The summed E-state index contributed by atoms with van der Waals surface area (Å²) in [5.74, 6) is 0. The van der Waals surface area contributed by atoms with Crippen molar-refractivity contribution in [3.05, 3.63) is 0 Å². The minimum absolute atomic E-state index is 1.89. The minimum atomic E-state index is -2.91. The number of rotatable bonds is 1. The van der Waals surface area contributed by atoms with Crippen molar-refractivity contribution in [1.29, 1.82) is 0 Å². The first kappa shape index (κ1) is 25.8. The topological polar surface area (TPSA) is 240 Å². The average molecular weight is 559 g/mol. The Labute approximate surface area is 188 Å². The van der Waals surface area contributed by atoms with E-state index in [0.29, 0.717) is 0 Å². The molecule has 0 bridgehead atoms. The molecule has 7 unspecified atom stereocenters. The molecule has 7 atom stereocenters. The van der Waals surface area contributed by atoms with Crippen LogP contribution in [0.1, 0.15) is 0 Å². The van der Waals surface area contributed by atoms with Gasteiger partial charge in [0.2, 0.25) is 0 Å². The molecule has 0 aromatic carbocycles. The Morgan fingerprint density at radius 1 is 0.600 bits per heavy atom. The van der Waals surface area contributed by atoms with Crippen LogP contribution in [0.25, 0.3) is 0 Å². The lowest BCUT2D eigenvalue weighted by Gasteiger charge is -2.75. The first-order valence-corrected chi connectivity index (χ1v) is 30.1. The summed E-state index contributed by atoms with van der Waals surface area (Å²) >= 11 is 0. The van der Waals surface area contributed by atoms with E-state index in [1.165, 1.54) is 0 Å². The summed E-state index contributed by atoms with van der Waals surface area (Å²) in [6.45, 7) is 16.7. The molecule has 3 heterocycles. The van der Waals surface area contributed by atoms with Crippen LogP contribution in [0.15, 0.2) is 0 Å². The normalized spacial score (nSPS) is 56.5. The molecule has 3 aliphatic rings. The zero-order valence-electron chi connectivity index (χ0n) is 19.4. The minimum Gasteiger partial charge on any atom is -0.328 e. The fourth-order valence-corrected chi connectivity index (χ4v) is 72.9. The predicted molar refractivity (Wildman–Crippen MR) is 140 cm³/mol. The van der Waals surface area contributed by atoms with E-state index in [0.717, 1.165) is 0 Å². The molecule has 0 aromatic heterocycles. The molecule has 0 amide bonds. The van der Waals surface area contributed by atoms with Gasteiger partial charge in [0, 0.05) is 0 Å². The van der Waals surface area contributed by atoms with Gasteiger partial charge in [-0.15, -0.1) is 0 Å². The maximum atomic E-state index is 7.36. The molecule has 3 saturated heterocycles. The molecule has 0 aliphatic carbocycles. The first-order valence-electron chi connectivity index (χ1n) is 10.0. The van der Waals surface area contributed by atoms with Crippen LogP contribution in [0.2, 0.25) is 52.4 Å². The third kappa shape index (κ3) is 3.69. The number of nitrogens with one attached hydrogen (secondary N) is 4. The van der Waals surface area contributed by atoms with Gasteiger partial charge in [0.15, 0.2) is 0 Å². The first-order chi connectivity index (χ1) is 12.9. The van der Waals surface area contributed by atoms with E-state index in [1.807, 2.05) is 19.6 Å². The van der Waals surface area contributed by atoms with Gasteiger partial charge in [0.05, 0.1) is 0 Å². The van der Waals surface area contributed by atoms with Gasteiger partial charge in [-0.2, -0.15) is 0 Å². The zero-order valence-corrected chi connectivity index (χ0v) is 27.4. The van der Waals surface area contributed by atoms with Crippen molar-refractivity contribution >= 4 is 68.5 Å². The van der Waals surface area contributed by atoms with Gasteiger partial charge >= 0.3 is 0 Å². The molecule has 14 nitrogen and oxygen atoms in total. The van der Waals surface area contributed by atoms with E-state index in [-0.39, 0.29) is 0 Å². The standard InChI is InChI=1S/C8H42N14Si8/c1-23(9,10)20-26(4,13)18-30(8)19-29(7)17-24(2,11)16-25(3,12)21(29)28(6,15)22(30)27(20,5)14/h16-19H,9-15H2,1-8H3. The smallest absolute Gasteiger partial charge is 0.266 e. The lowest BCUT2D eigenvalue weighted by Crippen LogP contribution is -3.15. The van der Waals surface area contributed by atoms with Crippen molar-refractivity contribution in [3.8, 4) is 0 Å². The van der Waals surface area contributed by atoms with Crippen LogP contribution in [0.3, 0.4) is 0 Å². The predicted octanol–water partition coefficient (Wildman–Crippen LogP) is -5.45. The Kier molecular flexibility index (Phi) is 5.71. The molecule has 22 heteroatoms. The van der Waals surface area contributed by atoms with Gasteiger partial charge in [-0.1, -0.05) is 0 Å². The van der Waals surface area contributed by atoms with Crippen LogP contribution in [-0.4, -0.2) is 80.2 Å². The monoisotopic (exact) mass is 558 g/mol. The third-order valence-corrected chi connectivity index (χ3v) is 55.0. The van der Waals surface area contributed by atoms with Gasteiger partial charge in [-0.05, 0) is 52.4 Å². The third-order valence-electron chi connectivity index (χ3n) is 6.12. The summed E-state index contributed by atoms with van der Waals surface area (Å²) in [6, 6.07) is 0. The molecule has 0 spiro atoms. The lowest BCUT2D eigenvalue weighted by atomic mass is 11.9. The number of hydrogen-bond donors (Lipinski definition) is 11. The number of nitrogens with zero attached hydrogens (tertiary/aromatic N) is 3. The highest BCUT2D eigenvalue weighted by atomic mass is 28.6. The van der Waals surface area contributed by atoms with Gasteiger partial charge in [-0.3, -0.25) is 11.7 Å². The molecule has 18 N–H and O–H groups in total. The van der Waals surface area contributed by atoms with Gasteiger partial charge in [0.1, 0.15) is 0 Å². The molecular weight excluding hydrogens is 517 g/mol. The zero-order chi connectivity index (χ0) is 23.6. The summed E-state index contributed by atoms with van der Waals surface area (Å²) in [4.78, 5) is 0. The molecule has 0 radical (unpaired) electrons. The summed E-state index contributed by atoms with van der Waals surface area (Å²) in [5.41, 5.74) is 0. The van der Waals surface area contributed by atoms with Crippen LogP contribution in [0, 0.1) is 0 Å². The van der Waals surface area contributed by atoms with Gasteiger partial charge in [0.25, 0.3) is 68.5 Å². The highest BCUT2D eigenvalue weighted by Gasteiger charge is 2.76. The quantitative estimate of drug-likeness (QED) is 0.135. The van der Waals surface area contributed by atoms with Crippen molar-refractivity contribution in [2.45, 2.75) is 52.4 Å². The Bertz CT molecular complexity index is 738. The van der Waals surface area contributed by atoms with Crippen molar-refractivity contribution in [2.24, 2.45) is 37.8 Å². The van der Waals surface area contributed by atoms with E-state index in [2.05, 4.69) is 63.0 Å². The number of fused-ring (bicyclic) bond motifs is 2. The maximum Gasteiger partial charge on any atom is 0.266 e. The lowest BCUT2D eigenvalue weighted by molar-refractivity contribution is 0.583. The Hall–Kier alpha value is 1.18. The Morgan fingerprint density at radius 3 is 1.53 bits per heavy atom. The summed E-state index contributed by atoms with van der Waals surface area (Å²) in [5, 5.41) is 48.3. The van der Waals surface area contributed by atoms with Crippen LogP contribution in [0.5, 0.6) is 0 Å². The second-order valence-corrected chi connectivity index (χ2v) is 40.7. The number of hydrogen-bond acceptors (Lipinski definition) is 14. The van der Waals surface area contributed by atoms with Gasteiger partial charge < -0.3 is 56.4 Å². The van der Waals surface area contributed by atoms with Crippen molar-refractivity contribution < 1.29 is 0 Å². The second kappa shape index (κ2) is 6.64. The highest BCUT2D eigenvalue weighted by molar-refractivity contribution is 7.23. The molecule has 0 saturated carbocycles. The van der Waals surface area contributed by atoms with Crippen LogP contribution in [0.4, 0.5) is 0 Å². The molecule has 0 aromatic rings. The summed E-state index contributed by atoms with van der Waals surface area (Å²) in [6.07, 6.45) is 0. The summed E-state index contributed by atoms with van der Waals surface area (Å²) in [7, 11) is -21.5. The highest BCUT2D eigenvalue weighted by Crippen LogP contribution is 2.38. The van der Waals surface area contributed by atoms with E-state index in [4.69, 9.17) is 37.8 Å². The van der Waals surface area contributed by atoms with E-state index in [1.54, 1.807) is 0 Å². The molecule has 3 aliphatic heterocycles. The molecule has 3 fully saturated rings. The maximum absolute atomic E-state index is 7.36. The van der Waals surface area contributed by atoms with Gasteiger partial charge in [-0.25, -0.2) is 0 Å². The molecular formula is C8H42N14Si8. The largest absolute Gasteiger partial charge is 0.328 e. The fraction of sp³-hybridized carbons (Fsp3) is 1.00. The van der Waals surface area contributed by atoms with E-state index < -0.39 is 68.5 Å².